The van der Waals surface area contributed by atoms with Crippen molar-refractivity contribution in [2.45, 2.75) is 12.8 Å². The molecule has 2 aliphatic carbocycles. The summed E-state index contributed by atoms with van der Waals surface area (Å²) in [7, 11) is 0. The number of hydrogen-bond acceptors (Lipinski definition) is 2. The molecule has 0 aliphatic heterocycles. The number of hydrogen-bond donors (Lipinski definition) is 0. The fraction of sp³-hybridized carbons (Fsp3) is 0.625. The van der Waals surface area contributed by atoms with E-state index in [0.717, 1.165) is 12.8 Å². The summed E-state index contributed by atoms with van der Waals surface area (Å²) in [4.78, 5) is 10.4. The molecule has 3 unspecified atom stereocenters. The van der Waals surface area contributed by atoms with Gasteiger partial charge in [-0.05, 0) is 24.7 Å². The predicted octanol–water partition coefficient (Wildman–Crippen LogP) is -3.05. The average Bonchev–Trinajstić information content (AvgIpc) is 2.44. The molecule has 2 nitrogen and oxygen atoms in total. The molecule has 54 valence electrons. The van der Waals surface area contributed by atoms with E-state index in [0.29, 0.717) is 5.92 Å². The molecule has 1 fully saturated rings. The number of carboxylic acid groups (broad SMARTS) is 1. The number of carbonyl (C=O) groups is 1. The van der Waals surface area contributed by atoms with Gasteiger partial charge in [0.05, 0.1) is 0 Å². The molecule has 2 aliphatic rings. The van der Waals surface area contributed by atoms with Crippen LogP contribution in [0.25, 0.3) is 0 Å². The number of carbonyl (C=O) groups excluding carboxylic acids is 1. The van der Waals surface area contributed by atoms with Crippen LogP contribution in [0, 0.1) is 17.8 Å². The molecule has 0 saturated heterocycles. The van der Waals surface area contributed by atoms with E-state index in [-0.39, 0.29) is 63.2 Å². The minimum absolute atomic E-state index is 0. The van der Waals surface area contributed by atoms with Crippen molar-refractivity contribution in [3.8, 4) is 0 Å². The van der Waals surface area contributed by atoms with Gasteiger partial charge < -0.3 is 9.90 Å². The molecule has 1 saturated carbocycles. The summed E-state index contributed by atoms with van der Waals surface area (Å²) < 4.78 is 0. The molecule has 0 aromatic carbocycles. The SMILES string of the molecule is O=C([O-])C1CC2C=CC1C2.[K+]. The quantitative estimate of drug-likeness (QED) is 0.315. The van der Waals surface area contributed by atoms with Gasteiger partial charge in [-0.15, -0.1) is 0 Å². The first-order valence-electron chi connectivity index (χ1n) is 3.66. The van der Waals surface area contributed by atoms with Crippen LogP contribution in [-0.2, 0) is 4.79 Å². The van der Waals surface area contributed by atoms with Crippen molar-refractivity contribution in [3.05, 3.63) is 12.2 Å². The number of fused-ring (bicyclic) bond motifs is 2. The normalized spacial score (nSPS) is 38.7. The fourth-order valence-corrected chi connectivity index (χ4v) is 2.05. The zero-order chi connectivity index (χ0) is 7.14. The molecule has 0 radical (unpaired) electrons. The summed E-state index contributed by atoms with van der Waals surface area (Å²) in [6.45, 7) is 0. The Kier molecular flexibility index (Phi) is 3.35. The molecule has 2 rings (SSSR count). The maximum atomic E-state index is 10.4. The maximum Gasteiger partial charge on any atom is 1.00 e. The van der Waals surface area contributed by atoms with Gasteiger partial charge in [-0.3, -0.25) is 0 Å². The van der Waals surface area contributed by atoms with Crippen molar-refractivity contribution in [3.63, 3.8) is 0 Å². The summed E-state index contributed by atoms with van der Waals surface area (Å²) in [6.07, 6.45) is 6.00. The number of rotatable bonds is 1. The van der Waals surface area contributed by atoms with E-state index in [2.05, 4.69) is 6.08 Å². The van der Waals surface area contributed by atoms with Crippen LogP contribution in [0.3, 0.4) is 0 Å². The van der Waals surface area contributed by atoms with Crippen molar-refractivity contribution < 1.29 is 61.3 Å². The van der Waals surface area contributed by atoms with Crippen molar-refractivity contribution in [2.24, 2.45) is 17.8 Å². The Morgan fingerprint density at radius 1 is 1.36 bits per heavy atom. The first-order chi connectivity index (χ1) is 4.77. The van der Waals surface area contributed by atoms with E-state index in [1.54, 1.807) is 0 Å². The number of aliphatic carboxylic acids is 1. The smallest absolute Gasteiger partial charge is 0.550 e. The molecule has 0 spiro atoms. The molecule has 0 heterocycles. The Hall–Kier alpha value is 0.846. The summed E-state index contributed by atoms with van der Waals surface area (Å²) >= 11 is 0. The Morgan fingerprint density at radius 3 is 2.36 bits per heavy atom. The minimum atomic E-state index is -0.864. The number of allylic oxidation sites excluding steroid dienone is 2. The molecule has 0 aromatic rings. The largest absolute Gasteiger partial charge is 1.00 e. The maximum absolute atomic E-state index is 10.4. The van der Waals surface area contributed by atoms with E-state index in [1.807, 2.05) is 6.08 Å². The Balaban J connectivity index is 0.000000605. The van der Waals surface area contributed by atoms with Gasteiger partial charge in [0.2, 0.25) is 0 Å². The van der Waals surface area contributed by atoms with Crippen molar-refractivity contribution in [1.82, 2.24) is 0 Å². The van der Waals surface area contributed by atoms with Gasteiger partial charge in [0.1, 0.15) is 0 Å². The second kappa shape index (κ2) is 3.71. The monoisotopic (exact) mass is 176 g/mol. The molecule has 0 N–H and O–H groups in total. The van der Waals surface area contributed by atoms with Crippen LogP contribution in [0.1, 0.15) is 12.8 Å². The van der Waals surface area contributed by atoms with Gasteiger partial charge in [-0.25, -0.2) is 0 Å². The molecule has 11 heavy (non-hydrogen) atoms. The van der Waals surface area contributed by atoms with Gasteiger partial charge in [0.15, 0.2) is 0 Å². The van der Waals surface area contributed by atoms with E-state index >= 15 is 0 Å². The Bertz CT molecular complexity index is 200. The van der Waals surface area contributed by atoms with Crippen LogP contribution in [0.15, 0.2) is 12.2 Å². The van der Waals surface area contributed by atoms with Crippen molar-refractivity contribution >= 4 is 5.97 Å². The van der Waals surface area contributed by atoms with Gasteiger partial charge in [0.25, 0.3) is 0 Å². The van der Waals surface area contributed by atoms with Crippen molar-refractivity contribution in [2.75, 3.05) is 0 Å². The van der Waals surface area contributed by atoms with Gasteiger partial charge in [0, 0.05) is 11.9 Å². The number of carboxylic acids is 1. The zero-order valence-corrected chi connectivity index (χ0v) is 9.74. The summed E-state index contributed by atoms with van der Waals surface area (Å²) in [5.41, 5.74) is 0. The van der Waals surface area contributed by atoms with E-state index < -0.39 is 5.97 Å². The fourth-order valence-electron chi connectivity index (χ4n) is 2.05. The Labute approximate surface area is 108 Å². The van der Waals surface area contributed by atoms with Crippen LogP contribution in [-0.4, -0.2) is 5.97 Å². The van der Waals surface area contributed by atoms with Crippen LogP contribution in [0.5, 0.6) is 0 Å². The first-order valence-corrected chi connectivity index (χ1v) is 3.66. The zero-order valence-electron chi connectivity index (χ0n) is 6.62. The average molecular weight is 176 g/mol. The van der Waals surface area contributed by atoms with Gasteiger partial charge >= 0.3 is 51.4 Å². The first kappa shape index (κ1) is 9.93. The van der Waals surface area contributed by atoms with Crippen LogP contribution < -0.4 is 56.5 Å². The van der Waals surface area contributed by atoms with Crippen LogP contribution >= 0.6 is 0 Å². The second-order valence-corrected chi connectivity index (χ2v) is 3.21. The summed E-state index contributed by atoms with van der Waals surface area (Å²) in [5, 5.41) is 10.4. The van der Waals surface area contributed by atoms with E-state index in [9.17, 15) is 9.90 Å². The third-order valence-corrected chi connectivity index (χ3v) is 2.58. The van der Waals surface area contributed by atoms with Gasteiger partial charge in [-0.2, -0.15) is 0 Å². The molecule has 3 heteroatoms. The molecule has 0 aromatic heterocycles. The van der Waals surface area contributed by atoms with E-state index in [4.69, 9.17) is 0 Å². The molecular weight excluding hydrogens is 167 g/mol. The molecule has 2 bridgehead atoms. The standard InChI is InChI=1S/C8H10O2.K/c9-8(10)7-4-5-1-2-6(7)3-5;/h1-2,5-7H,3-4H2,(H,9,10);/q;+1/p-1. The topological polar surface area (TPSA) is 40.1 Å². The molecular formula is C8H9KO2. The molecule has 0 amide bonds. The van der Waals surface area contributed by atoms with Crippen LogP contribution in [0.2, 0.25) is 0 Å². The Morgan fingerprint density at radius 2 is 2.09 bits per heavy atom. The minimum Gasteiger partial charge on any atom is -0.550 e. The third-order valence-electron chi connectivity index (χ3n) is 2.58. The second-order valence-electron chi connectivity index (χ2n) is 3.21. The summed E-state index contributed by atoms with van der Waals surface area (Å²) in [5.74, 6) is -0.227. The predicted molar refractivity (Wildman–Crippen MR) is 33.9 cm³/mol. The third kappa shape index (κ3) is 1.78. The van der Waals surface area contributed by atoms with Crippen molar-refractivity contribution in [1.29, 1.82) is 0 Å². The van der Waals surface area contributed by atoms with Crippen LogP contribution in [0.4, 0.5) is 0 Å². The summed E-state index contributed by atoms with van der Waals surface area (Å²) in [6, 6.07) is 0. The van der Waals surface area contributed by atoms with E-state index in [1.165, 1.54) is 0 Å². The molecule has 3 atom stereocenters. The van der Waals surface area contributed by atoms with Gasteiger partial charge in [-0.1, -0.05) is 12.2 Å².